The predicted molar refractivity (Wildman–Crippen MR) is 121 cm³/mol. The van der Waals surface area contributed by atoms with Gasteiger partial charge in [-0.05, 0) is 30.5 Å². The van der Waals surface area contributed by atoms with Crippen molar-refractivity contribution in [1.29, 1.82) is 0 Å². The zero-order valence-corrected chi connectivity index (χ0v) is 18.4. The van der Waals surface area contributed by atoms with Gasteiger partial charge in [0.2, 0.25) is 11.8 Å². The Hall–Kier alpha value is -2.86. The zero-order valence-electron chi connectivity index (χ0n) is 18.4. The molecule has 6 heteroatoms. The number of likely N-dealkylation sites (N-methyl/N-ethyl adjacent to an activating group) is 1. The lowest BCUT2D eigenvalue weighted by Crippen LogP contribution is -2.49. The number of methoxy groups -OCH3 is 1. The third kappa shape index (κ3) is 4.65. The van der Waals surface area contributed by atoms with Crippen molar-refractivity contribution in [2.24, 2.45) is 0 Å². The summed E-state index contributed by atoms with van der Waals surface area (Å²) >= 11 is 0. The molecule has 0 radical (unpaired) electrons. The number of hydrogen-bond donors (Lipinski definition) is 0. The first kappa shape index (κ1) is 21.8. The Labute approximate surface area is 179 Å². The predicted octanol–water partition coefficient (Wildman–Crippen LogP) is 4.21. The zero-order chi connectivity index (χ0) is 21.5. The van der Waals surface area contributed by atoms with Gasteiger partial charge in [0.15, 0.2) is 0 Å². The van der Waals surface area contributed by atoms with Crippen molar-refractivity contribution in [1.82, 2.24) is 14.9 Å². The molecular weight excluding hydrogens is 376 g/mol. The summed E-state index contributed by atoms with van der Waals surface area (Å²) in [4.78, 5) is 19.8. The van der Waals surface area contributed by atoms with Crippen LogP contribution >= 0.6 is 0 Å². The third-order valence-electron chi connectivity index (χ3n) is 5.35. The second-order valence-electron chi connectivity index (χ2n) is 7.49. The average Bonchev–Trinajstić information content (AvgIpc) is 3.14. The van der Waals surface area contributed by atoms with E-state index >= 15 is 0 Å². The molecule has 1 amide bonds. The maximum absolute atomic E-state index is 13.5. The molecule has 3 rings (SSSR count). The van der Waals surface area contributed by atoms with Crippen LogP contribution in [0, 0.1) is 0 Å². The molecule has 1 atom stereocenters. The van der Waals surface area contributed by atoms with Gasteiger partial charge in [-0.2, -0.15) is 0 Å². The fourth-order valence-corrected chi connectivity index (χ4v) is 3.76. The van der Waals surface area contributed by atoms with Crippen LogP contribution in [-0.2, 0) is 4.79 Å². The van der Waals surface area contributed by atoms with E-state index in [-0.39, 0.29) is 11.9 Å². The smallest absolute Gasteiger partial charge is 0.245 e. The minimum absolute atomic E-state index is 0.144. The van der Waals surface area contributed by atoms with Gasteiger partial charge in [0.05, 0.1) is 24.7 Å². The topological polar surface area (TPSA) is 48.9 Å². The normalized spacial score (nSPS) is 16.5. The Morgan fingerprint density at radius 3 is 2.47 bits per heavy atom. The number of hydrogen-bond acceptors (Lipinski definition) is 5. The van der Waals surface area contributed by atoms with Gasteiger partial charge in [-0.25, -0.2) is 9.99 Å². The molecule has 6 nitrogen and oxygen atoms in total. The van der Waals surface area contributed by atoms with Crippen LogP contribution in [0.1, 0.15) is 38.7 Å². The molecule has 0 bridgehead atoms. The van der Waals surface area contributed by atoms with Crippen molar-refractivity contribution in [2.75, 3.05) is 32.3 Å². The second-order valence-corrected chi connectivity index (χ2v) is 7.49. The lowest BCUT2D eigenvalue weighted by Gasteiger charge is -2.34. The number of hydrazine groups is 1. The molecule has 0 aliphatic carbocycles. The summed E-state index contributed by atoms with van der Waals surface area (Å²) < 4.78 is 5.21. The number of pyridine rings is 1. The van der Waals surface area contributed by atoms with Crippen molar-refractivity contribution in [3.8, 4) is 5.88 Å². The molecule has 1 aromatic carbocycles. The molecule has 0 spiro atoms. The van der Waals surface area contributed by atoms with E-state index in [9.17, 15) is 4.79 Å². The summed E-state index contributed by atoms with van der Waals surface area (Å²) in [6.45, 7) is 5.85. The number of unbranched alkanes of at least 4 members (excludes halogenated alkanes) is 1. The Morgan fingerprint density at radius 2 is 1.87 bits per heavy atom. The van der Waals surface area contributed by atoms with Crippen LogP contribution < -0.4 is 9.75 Å². The second kappa shape index (κ2) is 10.3. The van der Waals surface area contributed by atoms with E-state index in [0.717, 1.165) is 49.3 Å². The minimum Gasteiger partial charge on any atom is -0.481 e. The summed E-state index contributed by atoms with van der Waals surface area (Å²) in [7, 11) is 3.57. The van der Waals surface area contributed by atoms with Gasteiger partial charge in [0.25, 0.3) is 0 Å². The van der Waals surface area contributed by atoms with Crippen molar-refractivity contribution in [3.05, 3.63) is 60.3 Å². The molecular formula is C24H32N4O2. The van der Waals surface area contributed by atoms with Crippen LogP contribution in [0.25, 0.3) is 5.70 Å². The summed E-state index contributed by atoms with van der Waals surface area (Å²) in [5, 5.41) is 4.07. The summed E-state index contributed by atoms with van der Waals surface area (Å²) in [6.07, 6.45) is 6.88. The first-order valence-corrected chi connectivity index (χ1v) is 10.7. The van der Waals surface area contributed by atoms with Crippen molar-refractivity contribution in [3.63, 3.8) is 0 Å². The average molecular weight is 409 g/mol. The standard InChI is InChI=1S/C24H32N4O2/c1-5-7-16-27(15-6-2)24(29)22-17-21(19-11-9-8-10-12-19)28(26(22)3)20-13-14-23(30-4)25-18-20/h8-14,17-18,22H,5-7,15-16H2,1-4H3. The number of amides is 1. The van der Waals surface area contributed by atoms with E-state index in [4.69, 9.17) is 4.74 Å². The highest BCUT2D eigenvalue weighted by Crippen LogP contribution is 2.35. The Kier molecular flexibility index (Phi) is 7.46. The van der Waals surface area contributed by atoms with Gasteiger partial charge in [-0.1, -0.05) is 50.6 Å². The van der Waals surface area contributed by atoms with Gasteiger partial charge in [-0.3, -0.25) is 9.80 Å². The Bertz CT molecular complexity index is 851. The number of ether oxygens (including phenoxy) is 1. The molecule has 1 aliphatic heterocycles. The van der Waals surface area contributed by atoms with Gasteiger partial charge in [0.1, 0.15) is 6.04 Å². The number of carbonyl (C=O) groups excluding carboxylic acids is 1. The minimum atomic E-state index is -0.356. The molecule has 0 fully saturated rings. The molecule has 0 N–H and O–H groups in total. The molecule has 1 unspecified atom stereocenters. The van der Waals surface area contributed by atoms with E-state index in [1.165, 1.54) is 0 Å². The summed E-state index contributed by atoms with van der Waals surface area (Å²) in [6, 6.07) is 13.6. The lowest BCUT2D eigenvalue weighted by molar-refractivity contribution is -0.134. The van der Waals surface area contributed by atoms with Crippen molar-refractivity contribution < 1.29 is 9.53 Å². The Balaban J connectivity index is 1.96. The van der Waals surface area contributed by atoms with E-state index < -0.39 is 0 Å². The van der Waals surface area contributed by atoms with Gasteiger partial charge in [0, 0.05) is 26.2 Å². The molecule has 2 aromatic rings. The first-order valence-electron chi connectivity index (χ1n) is 10.7. The van der Waals surface area contributed by atoms with Crippen molar-refractivity contribution in [2.45, 2.75) is 39.2 Å². The van der Waals surface area contributed by atoms with Gasteiger partial charge in [-0.15, -0.1) is 0 Å². The van der Waals surface area contributed by atoms with Gasteiger partial charge >= 0.3 is 0 Å². The van der Waals surface area contributed by atoms with E-state index in [0.29, 0.717) is 5.88 Å². The van der Waals surface area contributed by atoms with E-state index in [2.05, 4.69) is 42.0 Å². The van der Waals surface area contributed by atoms with E-state index in [1.54, 1.807) is 13.3 Å². The largest absolute Gasteiger partial charge is 0.481 e. The quantitative estimate of drug-likeness (QED) is 0.622. The summed E-state index contributed by atoms with van der Waals surface area (Å²) in [5.41, 5.74) is 2.93. The maximum atomic E-state index is 13.5. The number of anilines is 1. The number of rotatable bonds is 9. The highest BCUT2D eigenvalue weighted by molar-refractivity contribution is 5.92. The monoisotopic (exact) mass is 408 g/mol. The fourth-order valence-electron chi connectivity index (χ4n) is 3.76. The molecule has 0 saturated carbocycles. The molecule has 1 aromatic heterocycles. The van der Waals surface area contributed by atoms with Crippen LogP contribution in [-0.4, -0.2) is 54.1 Å². The number of benzene rings is 1. The summed E-state index contributed by atoms with van der Waals surface area (Å²) in [5.74, 6) is 0.706. The van der Waals surface area contributed by atoms with Crippen LogP contribution in [0.15, 0.2) is 54.7 Å². The number of aromatic nitrogens is 1. The third-order valence-corrected chi connectivity index (χ3v) is 5.35. The van der Waals surface area contributed by atoms with Crippen LogP contribution in [0.5, 0.6) is 5.88 Å². The maximum Gasteiger partial charge on any atom is 0.245 e. The number of nitrogens with zero attached hydrogens (tertiary/aromatic N) is 4. The van der Waals surface area contributed by atoms with Crippen LogP contribution in [0.3, 0.4) is 0 Å². The fraction of sp³-hybridized carbons (Fsp3) is 0.417. The van der Waals surface area contributed by atoms with E-state index in [1.807, 2.05) is 47.3 Å². The van der Waals surface area contributed by atoms with Crippen LogP contribution in [0.2, 0.25) is 0 Å². The molecule has 2 heterocycles. The highest BCUT2D eigenvalue weighted by Gasteiger charge is 2.37. The van der Waals surface area contributed by atoms with Gasteiger partial charge < -0.3 is 9.64 Å². The Morgan fingerprint density at radius 1 is 1.10 bits per heavy atom. The molecule has 1 aliphatic rings. The first-order chi connectivity index (χ1) is 14.6. The molecule has 30 heavy (non-hydrogen) atoms. The lowest BCUT2D eigenvalue weighted by atomic mass is 10.1. The highest BCUT2D eigenvalue weighted by atomic mass is 16.5. The molecule has 0 saturated heterocycles. The van der Waals surface area contributed by atoms with Crippen LogP contribution in [0.4, 0.5) is 5.69 Å². The number of carbonyl (C=O) groups is 1. The molecule has 160 valence electrons. The SMILES string of the molecule is CCCCN(CCC)C(=O)C1C=C(c2ccccc2)N(c2ccc(OC)nc2)N1C. The van der Waals surface area contributed by atoms with Crippen molar-refractivity contribution >= 4 is 17.3 Å².